The number of benzene rings is 3. The predicted octanol–water partition coefficient (Wildman–Crippen LogP) is 7.83. The lowest BCUT2D eigenvalue weighted by Crippen LogP contribution is -2.35. The van der Waals surface area contributed by atoms with Crippen molar-refractivity contribution in [2.24, 2.45) is 4.99 Å². The van der Waals surface area contributed by atoms with Crippen molar-refractivity contribution in [3.8, 4) is 0 Å². The molecule has 4 rings (SSSR count). The van der Waals surface area contributed by atoms with Gasteiger partial charge in [0.2, 0.25) is 11.8 Å². The molecule has 0 bridgehead atoms. The smallest absolute Gasteiger partial charge is 0.326 e. The van der Waals surface area contributed by atoms with Gasteiger partial charge < -0.3 is 5.32 Å². The molecule has 3 aromatic carbocycles. The van der Waals surface area contributed by atoms with Crippen LogP contribution in [0.3, 0.4) is 0 Å². The first-order valence-corrected chi connectivity index (χ1v) is 13.6. The maximum Gasteiger partial charge on any atom is 0.416 e. The van der Waals surface area contributed by atoms with Gasteiger partial charge in [0.1, 0.15) is 5.25 Å². The van der Waals surface area contributed by atoms with Crippen molar-refractivity contribution in [1.29, 1.82) is 0 Å². The van der Waals surface area contributed by atoms with Crippen LogP contribution in [0, 0.1) is 13.8 Å². The van der Waals surface area contributed by atoms with Crippen LogP contribution in [-0.4, -0.2) is 33.7 Å². The molecular weight excluding hydrogens is 570 g/mol. The van der Waals surface area contributed by atoms with Gasteiger partial charge in [-0.2, -0.15) is 13.2 Å². The predicted molar refractivity (Wildman–Crippen MR) is 151 cm³/mol. The van der Waals surface area contributed by atoms with Crippen molar-refractivity contribution >= 4 is 63.3 Å². The Balaban J connectivity index is 1.55. The third kappa shape index (κ3) is 7.15. The molecule has 1 aliphatic heterocycles. The molecular formula is C28H24Cl2F3N3O2S. The lowest BCUT2D eigenvalue weighted by Gasteiger charge is -2.17. The van der Waals surface area contributed by atoms with E-state index in [-0.39, 0.29) is 24.6 Å². The fourth-order valence-electron chi connectivity index (χ4n) is 4.00. The number of halogens is 5. The van der Waals surface area contributed by atoms with Gasteiger partial charge in [-0.3, -0.25) is 14.5 Å². The van der Waals surface area contributed by atoms with E-state index >= 15 is 0 Å². The third-order valence-corrected chi connectivity index (χ3v) is 8.04. The molecule has 5 nitrogen and oxygen atoms in total. The molecule has 0 unspecified atom stereocenters. The number of anilines is 1. The Labute approximate surface area is 238 Å². The van der Waals surface area contributed by atoms with Crippen LogP contribution in [0.2, 0.25) is 10.0 Å². The maximum absolute atomic E-state index is 13.4. The fourth-order valence-corrected chi connectivity index (χ4v) is 5.68. The molecule has 0 aromatic heterocycles. The average molecular weight is 594 g/mol. The first-order chi connectivity index (χ1) is 18.4. The van der Waals surface area contributed by atoms with Gasteiger partial charge in [-0.1, -0.05) is 59.2 Å². The van der Waals surface area contributed by atoms with Gasteiger partial charge in [0.25, 0.3) is 0 Å². The summed E-state index contributed by atoms with van der Waals surface area (Å²) < 4.78 is 39.1. The van der Waals surface area contributed by atoms with Crippen molar-refractivity contribution in [2.45, 2.75) is 38.1 Å². The number of amides is 2. The normalized spacial score (nSPS) is 16.7. The summed E-state index contributed by atoms with van der Waals surface area (Å²) >= 11 is 13.5. The Morgan fingerprint density at radius 2 is 1.82 bits per heavy atom. The molecule has 39 heavy (non-hydrogen) atoms. The van der Waals surface area contributed by atoms with Crippen molar-refractivity contribution in [3.63, 3.8) is 0 Å². The van der Waals surface area contributed by atoms with E-state index in [0.717, 1.165) is 40.6 Å². The highest BCUT2D eigenvalue weighted by molar-refractivity contribution is 8.15. The summed E-state index contributed by atoms with van der Waals surface area (Å²) in [5.41, 5.74) is 2.64. The Morgan fingerprint density at radius 3 is 2.54 bits per heavy atom. The first kappa shape index (κ1) is 29.0. The van der Waals surface area contributed by atoms with Crippen molar-refractivity contribution in [2.75, 3.05) is 11.9 Å². The quantitative estimate of drug-likeness (QED) is 0.303. The number of hydrogen-bond acceptors (Lipinski definition) is 4. The van der Waals surface area contributed by atoms with Crippen molar-refractivity contribution in [3.05, 3.63) is 93.0 Å². The number of hydrogen-bond donors (Lipinski definition) is 1. The van der Waals surface area contributed by atoms with E-state index in [1.807, 2.05) is 32.0 Å². The van der Waals surface area contributed by atoms with E-state index in [0.29, 0.717) is 27.3 Å². The fraction of sp³-hybridized carbons (Fsp3) is 0.250. The van der Waals surface area contributed by atoms with Gasteiger partial charge in [0.15, 0.2) is 5.17 Å². The Kier molecular flexibility index (Phi) is 8.93. The molecule has 1 atom stereocenters. The molecule has 0 saturated carbocycles. The number of aliphatic imine (C=N–C) groups is 1. The van der Waals surface area contributed by atoms with Gasteiger partial charge in [-0.15, -0.1) is 0 Å². The zero-order valence-electron chi connectivity index (χ0n) is 21.0. The molecule has 1 aliphatic rings. The topological polar surface area (TPSA) is 61.8 Å². The molecule has 1 N–H and O–H groups in total. The van der Waals surface area contributed by atoms with Crippen LogP contribution in [0.25, 0.3) is 0 Å². The van der Waals surface area contributed by atoms with Gasteiger partial charge in [-0.25, -0.2) is 4.99 Å². The third-order valence-electron chi connectivity index (χ3n) is 6.28. The maximum atomic E-state index is 13.4. The van der Waals surface area contributed by atoms with Crippen LogP contribution >= 0.6 is 35.0 Å². The molecule has 0 spiro atoms. The number of aryl methyl sites for hydroxylation is 1. The van der Waals surface area contributed by atoms with E-state index in [1.54, 1.807) is 18.2 Å². The summed E-state index contributed by atoms with van der Waals surface area (Å²) in [6.07, 6.45) is -4.34. The Bertz CT molecular complexity index is 1450. The zero-order valence-corrected chi connectivity index (χ0v) is 23.3. The number of carbonyl (C=O) groups is 2. The lowest BCUT2D eigenvalue weighted by atomic mass is 10.1. The molecule has 1 saturated heterocycles. The first-order valence-electron chi connectivity index (χ1n) is 12.0. The van der Waals surface area contributed by atoms with Crippen LogP contribution in [0.15, 0.2) is 65.7 Å². The molecule has 0 radical (unpaired) electrons. The van der Waals surface area contributed by atoms with Gasteiger partial charge in [0, 0.05) is 28.7 Å². The van der Waals surface area contributed by atoms with Crippen LogP contribution in [0.4, 0.5) is 24.5 Å². The van der Waals surface area contributed by atoms with Crippen LogP contribution in [-0.2, 0) is 22.2 Å². The second-order valence-corrected chi connectivity index (χ2v) is 11.0. The second-order valence-electron chi connectivity index (χ2n) is 9.03. The van der Waals surface area contributed by atoms with Crippen LogP contribution in [0.5, 0.6) is 0 Å². The van der Waals surface area contributed by atoms with E-state index in [1.165, 1.54) is 17.0 Å². The number of amidine groups is 1. The summed E-state index contributed by atoms with van der Waals surface area (Å²) in [5, 5.41) is 3.10. The van der Waals surface area contributed by atoms with Gasteiger partial charge in [0.05, 0.1) is 11.3 Å². The minimum atomic E-state index is -4.54. The molecule has 2 amide bonds. The summed E-state index contributed by atoms with van der Waals surface area (Å²) in [6.45, 7) is 4.17. The summed E-state index contributed by atoms with van der Waals surface area (Å²) in [7, 11) is 0. The minimum Gasteiger partial charge on any atom is -0.326 e. The number of nitrogens with one attached hydrogen (secondary N) is 1. The van der Waals surface area contributed by atoms with Crippen molar-refractivity contribution < 1.29 is 22.8 Å². The van der Waals surface area contributed by atoms with Crippen LogP contribution in [0.1, 0.15) is 28.7 Å². The molecule has 11 heteroatoms. The number of nitrogens with zero attached hydrogens (tertiary/aromatic N) is 2. The average Bonchev–Trinajstić information content (AvgIpc) is 3.14. The van der Waals surface area contributed by atoms with E-state index in [4.69, 9.17) is 28.2 Å². The SMILES string of the molecule is Cc1cccc(N=C2S[C@H](CC(=O)Nc3cccc(C(F)(F)F)c3)C(=O)N2CCc2ccc(Cl)cc2Cl)c1C. The Morgan fingerprint density at radius 1 is 1.08 bits per heavy atom. The second kappa shape index (κ2) is 12.0. The van der Waals surface area contributed by atoms with Gasteiger partial charge >= 0.3 is 6.18 Å². The number of rotatable bonds is 7. The highest BCUT2D eigenvalue weighted by Gasteiger charge is 2.39. The number of carbonyl (C=O) groups excluding carboxylic acids is 2. The van der Waals surface area contributed by atoms with E-state index in [9.17, 15) is 22.8 Å². The molecule has 0 aliphatic carbocycles. The molecule has 1 fully saturated rings. The van der Waals surface area contributed by atoms with E-state index < -0.39 is 22.9 Å². The minimum absolute atomic E-state index is 0.00350. The highest BCUT2D eigenvalue weighted by Crippen LogP contribution is 2.34. The summed E-state index contributed by atoms with van der Waals surface area (Å²) in [6, 6.07) is 15.2. The highest BCUT2D eigenvalue weighted by atomic mass is 35.5. The zero-order chi connectivity index (χ0) is 28.3. The standard InChI is InChI=1S/C28H24Cl2F3N3O2S/c1-16-5-3-8-23(17(16)2)35-27-36(12-11-18-9-10-20(29)14-22(18)30)26(38)24(39-27)15-25(37)34-21-7-4-6-19(13-21)28(31,32)33/h3-10,13-14,24H,11-12,15H2,1-2H3,(H,34,37)/t24-/m1/s1. The number of alkyl halides is 3. The largest absolute Gasteiger partial charge is 0.416 e. The Hall–Kier alpha value is -3.01. The van der Waals surface area contributed by atoms with Gasteiger partial charge in [-0.05, 0) is 73.4 Å². The number of thioether (sulfide) groups is 1. The van der Waals surface area contributed by atoms with Crippen LogP contribution < -0.4 is 5.32 Å². The summed E-state index contributed by atoms with van der Waals surface area (Å²) in [5.74, 6) is -0.887. The summed E-state index contributed by atoms with van der Waals surface area (Å²) in [4.78, 5) is 32.5. The molecule has 3 aromatic rings. The monoisotopic (exact) mass is 593 g/mol. The molecule has 204 valence electrons. The lowest BCUT2D eigenvalue weighted by molar-refractivity contribution is -0.137. The van der Waals surface area contributed by atoms with Crippen molar-refractivity contribution in [1.82, 2.24) is 4.90 Å². The van der Waals surface area contributed by atoms with E-state index in [2.05, 4.69) is 5.32 Å². The molecule has 1 heterocycles.